The second-order valence-electron chi connectivity index (χ2n) is 7.93. The molecule has 1 atom stereocenters. The highest BCUT2D eigenvalue weighted by atomic mass is 19.1. The van der Waals surface area contributed by atoms with Crippen molar-refractivity contribution in [2.75, 3.05) is 0 Å². The summed E-state index contributed by atoms with van der Waals surface area (Å²) in [6.45, 7) is 6.18. The Labute approximate surface area is 164 Å². The molecule has 0 bridgehead atoms. The highest BCUT2D eigenvalue weighted by molar-refractivity contribution is 5.97. The standard InChI is InChI=1S/C24H21FN3/c1-24(2,3)28-16-21(27-22(28)14-7-11-18(28)15-26)20-13-8-12-19(23(20)25)17-9-5-4-6-10-17/h4-14,16H,1-3H3/q+1. The third-order valence-electron chi connectivity index (χ3n) is 5.32. The van der Waals surface area contributed by atoms with Crippen molar-refractivity contribution in [3.8, 4) is 17.2 Å². The highest BCUT2D eigenvalue weighted by Crippen LogP contribution is 2.43. The number of nitrogens with zero attached hydrogens (tertiary/aromatic N) is 3. The van der Waals surface area contributed by atoms with Crippen LogP contribution in [0.1, 0.15) is 26.3 Å². The fraction of sp³-hybridized carbons (Fsp3) is 0.167. The smallest absolute Gasteiger partial charge is 0.206 e. The third-order valence-corrected chi connectivity index (χ3v) is 5.32. The molecular formula is C24H21FN3+. The molecule has 0 amide bonds. The minimum absolute atomic E-state index is 0.185. The van der Waals surface area contributed by atoms with Crippen LogP contribution in [0.3, 0.4) is 0 Å². The molecule has 4 heteroatoms. The number of nitriles is 1. The monoisotopic (exact) mass is 370 g/mol. The summed E-state index contributed by atoms with van der Waals surface area (Å²) in [5, 5.41) is 9.74. The maximum atomic E-state index is 15.5. The van der Waals surface area contributed by atoms with Crippen LogP contribution in [0.15, 0.2) is 83.6 Å². The molecule has 138 valence electrons. The van der Waals surface area contributed by atoms with Crippen molar-refractivity contribution in [3.05, 3.63) is 90.0 Å². The predicted molar refractivity (Wildman–Crippen MR) is 110 cm³/mol. The number of halogens is 1. The van der Waals surface area contributed by atoms with Crippen LogP contribution in [0.4, 0.5) is 4.39 Å². The van der Waals surface area contributed by atoms with Gasteiger partial charge in [0.1, 0.15) is 23.3 Å². The van der Waals surface area contributed by atoms with Gasteiger partial charge in [0.05, 0.1) is 0 Å². The van der Waals surface area contributed by atoms with E-state index in [1.54, 1.807) is 18.2 Å². The van der Waals surface area contributed by atoms with Gasteiger partial charge in [-0.1, -0.05) is 42.5 Å². The first kappa shape index (κ1) is 18.1. The van der Waals surface area contributed by atoms with Crippen molar-refractivity contribution in [3.63, 3.8) is 0 Å². The van der Waals surface area contributed by atoms with E-state index in [0.29, 0.717) is 22.5 Å². The van der Waals surface area contributed by atoms with E-state index in [0.717, 1.165) is 11.4 Å². The minimum atomic E-state index is -0.347. The molecule has 0 aromatic heterocycles. The maximum absolute atomic E-state index is 15.5. The predicted octanol–water partition coefficient (Wildman–Crippen LogP) is 5.80. The summed E-state index contributed by atoms with van der Waals surface area (Å²) in [5.74, 6) is 0.425. The number of benzene rings is 2. The summed E-state index contributed by atoms with van der Waals surface area (Å²) in [6.07, 6.45) is 7.43. The number of rotatable bonds is 2. The molecule has 2 heterocycles. The molecule has 0 N–H and O–H groups in total. The molecule has 2 aliphatic heterocycles. The van der Waals surface area contributed by atoms with E-state index in [1.807, 2.05) is 54.8 Å². The van der Waals surface area contributed by atoms with E-state index < -0.39 is 0 Å². The summed E-state index contributed by atoms with van der Waals surface area (Å²) in [6, 6.07) is 17.2. The molecule has 0 radical (unpaired) electrons. The zero-order chi connectivity index (χ0) is 19.9. The van der Waals surface area contributed by atoms with Gasteiger partial charge in [-0.25, -0.2) is 8.87 Å². The molecule has 0 saturated heterocycles. The van der Waals surface area contributed by atoms with E-state index >= 15 is 4.39 Å². The number of quaternary nitrogens is 1. The van der Waals surface area contributed by atoms with Gasteiger partial charge in [0.25, 0.3) is 0 Å². The number of hydrogen-bond donors (Lipinski definition) is 0. The lowest BCUT2D eigenvalue weighted by molar-refractivity contribution is -0.794. The second kappa shape index (κ2) is 6.40. The van der Waals surface area contributed by atoms with Gasteiger partial charge in [-0.15, -0.1) is 0 Å². The molecular weight excluding hydrogens is 349 g/mol. The molecule has 2 aliphatic rings. The van der Waals surface area contributed by atoms with Crippen molar-refractivity contribution in [2.45, 2.75) is 26.3 Å². The van der Waals surface area contributed by atoms with E-state index in [4.69, 9.17) is 4.99 Å². The molecule has 2 aromatic carbocycles. The summed E-state index contributed by atoms with van der Waals surface area (Å²) in [4.78, 5) is 4.74. The molecule has 0 fully saturated rings. The fourth-order valence-electron chi connectivity index (χ4n) is 3.89. The molecule has 1 unspecified atom stereocenters. The Morgan fingerprint density at radius 1 is 1.00 bits per heavy atom. The number of allylic oxidation sites excluding steroid dienone is 3. The van der Waals surface area contributed by atoms with Crippen molar-refractivity contribution in [1.29, 1.82) is 5.26 Å². The normalized spacial score (nSPS) is 20.8. The Bertz CT molecular complexity index is 1110. The van der Waals surface area contributed by atoms with Crippen LogP contribution >= 0.6 is 0 Å². The quantitative estimate of drug-likeness (QED) is 0.616. The van der Waals surface area contributed by atoms with Crippen LogP contribution in [-0.2, 0) is 0 Å². The van der Waals surface area contributed by atoms with E-state index in [2.05, 4.69) is 26.8 Å². The lowest BCUT2D eigenvalue weighted by Gasteiger charge is -2.42. The summed E-state index contributed by atoms with van der Waals surface area (Å²) in [5.41, 5.74) is 2.58. The number of hydrogen-bond acceptors (Lipinski definition) is 2. The van der Waals surface area contributed by atoms with Gasteiger partial charge in [-0.2, -0.15) is 10.3 Å². The van der Waals surface area contributed by atoms with Crippen molar-refractivity contribution < 1.29 is 8.87 Å². The Balaban J connectivity index is 1.91. The van der Waals surface area contributed by atoms with Crippen molar-refractivity contribution >= 4 is 11.5 Å². The first-order valence-electron chi connectivity index (χ1n) is 9.23. The summed E-state index contributed by atoms with van der Waals surface area (Å²) >= 11 is 0. The average molecular weight is 370 g/mol. The lowest BCUT2D eigenvalue weighted by atomic mass is 9.97. The highest BCUT2D eigenvalue weighted by Gasteiger charge is 2.52. The van der Waals surface area contributed by atoms with Crippen molar-refractivity contribution in [1.82, 2.24) is 0 Å². The molecule has 0 aliphatic carbocycles. The van der Waals surface area contributed by atoms with Gasteiger partial charge in [0, 0.05) is 23.3 Å². The van der Waals surface area contributed by atoms with Crippen LogP contribution < -0.4 is 0 Å². The lowest BCUT2D eigenvalue weighted by Crippen LogP contribution is -2.57. The van der Waals surface area contributed by atoms with Gasteiger partial charge in [-0.3, -0.25) is 0 Å². The van der Waals surface area contributed by atoms with Crippen LogP contribution in [0.2, 0.25) is 0 Å². The first-order valence-corrected chi connectivity index (χ1v) is 9.23. The Morgan fingerprint density at radius 3 is 2.39 bits per heavy atom. The van der Waals surface area contributed by atoms with Crippen LogP contribution in [0.5, 0.6) is 0 Å². The molecule has 3 nitrogen and oxygen atoms in total. The third kappa shape index (κ3) is 2.56. The van der Waals surface area contributed by atoms with E-state index in [-0.39, 0.29) is 15.8 Å². The molecule has 0 saturated carbocycles. The number of amidine groups is 1. The second-order valence-corrected chi connectivity index (χ2v) is 7.93. The van der Waals surface area contributed by atoms with Crippen LogP contribution in [0, 0.1) is 17.1 Å². The molecule has 28 heavy (non-hydrogen) atoms. The Morgan fingerprint density at radius 2 is 1.71 bits per heavy atom. The van der Waals surface area contributed by atoms with Crippen LogP contribution in [-0.4, -0.2) is 15.9 Å². The summed E-state index contributed by atoms with van der Waals surface area (Å²) < 4.78 is 15.7. The topological polar surface area (TPSA) is 36.1 Å². The zero-order valence-electron chi connectivity index (χ0n) is 16.1. The largest absolute Gasteiger partial charge is 0.239 e. The van der Waals surface area contributed by atoms with Gasteiger partial charge >= 0.3 is 0 Å². The average Bonchev–Trinajstić information content (AvgIpc) is 3.09. The van der Waals surface area contributed by atoms with Gasteiger partial charge in [0.2, 0.25) is 11.5 Å². The Kier molecular flexibility index (Phi) is 4.14. The minimum Gasteiger partial charge on any atom is -0.206 e. The first-order chi connectivity index (χ1) is 13.4. The molecule has 4 rings (SSSR count). The number of fused-ring (bicyclic) bond motifs is 1. The SMILES string of the molecule is CC(C)(C)[N+]12C=C(c3cccc(-c4ccccc4)c3F)N=C1C=CC=C2C#N. The number of aliphatic imine (C=N–C) groups is 1. The van der Waals surface area contributed by atoms with Gasteiger partial charge in [-0.05, 0) is 38.5 Å². The maximum Gasteiger partial charge on any atom is 0.239 e. The molecule has 0 spiro atoms. The van der Waals surface area contributed by atoms with Crippen LogP contribution in [0.25, 0.3) is 16.8 Å². The van der Waals surface area contributed by atoms with Gasteiger partial charge < -0.3 is 0 Å². The fourth-order valence-corrected chi connectivity index (χ4v) is 3.89. The van der Waals surface area contributed by atoms with Crippen molar-refractivity contribution in [2.24, 2.45) is 4.99 Å². The zero-order valence-corrected chi connectivity index (χ0v) is 16.1. The van der Waals surface area contributed by atoms with Gasteiger partial charge in [0.15, 0.2) is 6.07 Å². The molecule has 2 aromatic rings. The van der Waals surface area contributed by atoms with E-state index in [1.165, 1.54) is 0 Å². The Hall–Kier alpha value is -3.29. The van der Waals surface area contributed by atoms with E-state index in [9.17, 15) is 5.26 Å². The summed E-state index contributed by atoms with van der Waals surface area (Å²) in [7, 11) is 0.